The number of carbonyl (C=O) groups excluding carboxylic acids is 3. The first-order valence-electron chi connectivity index (χ1n) is 30.6. The monoisotopic (exact) mass is 981 g/mol. The highest BCUT2D eigenvalue weighted by Crippen LogP contribution is 2.17. The summed E-state index contributed by atoms with van der Waals surface area (Å²) in [7, 11) is 0. The van der Waals surface area contributed by atoms with E-state index in [1.54, 1.807) is 0 Å². The van der Waals surface area contributed by atoms with Crippen LogP contribution in [0.5, 0.6) is 0 Å². The van der Waals surface area contributed by atoms with E-state index in [-0.39, 0.29) is 31.1 Å². The summed E-state index contributed by atoms with van der Waals surface area (Å²) in [6, 6.07) is 0. The van der Waals surface area contributed by atoms with E-state index in [1.807, 2.05) is 0 Å². The van der Waals surface area contributed by atoms with Gasteiger partial charge in [-0.15, -0.1) is 0 Å². The van der Waals surface area contributed by atoms with Gasteiger partial charge < -0.3 is 14.2 Å². The summed E-state index contributed by atoms with van der Waals surface area (Å²) in [5.74, 6) is -0.872. The molecule has 0 amide bonds. The summed E-state index contributed by atoms with van der Waals surface area (Å²) in [5, 5.41) is 0. The van der Waals surface area contributed by atoms with Crippen molar-refractivity contribution < 1.29 is 28.6 Å². The molecule has 408 valence electrons. The van der Waals surface area contributed by atoms with Gasteiger partial charge in [0.05, 0.1) is 0 Å². The second kappa shape index (κ2) is 58.9. The van der Waals surface area contributed by atoms with E-state index in [9.17, 15) is 14.4 Å². The van der Waals surface area contributed by atoms with E-state index in [2.05, 4.69) is 69.4 Å². The van der Waals surface area contributed by atoms with Crippen LogP contribution in [0.4, 0.5) is 0 Å². The van der Waals surface area contributed by atoms with Crippen LogP contribution in [-0.4, -0.2) is 37.2 Å². The number of hydrogen-bond acceptors (Lipinski definition) is 6. The van der Waals surface area contributed by atoms with Gasteiger partial charge in [0, 0.05) is 19.3 Å². The molecule has 0 fully saturated rings. The molecule has 0 spiro atoms. The van der Waals surface area contributed by atoms with Gasteiger partial charge in [-0.05, 0) is 83.5 Å². The van der Waals surface area contributed by atoms with Crippen LogP contribution in [0.25, 0.3) is 0 Å². The fraction of sp³-hybridized carbons (Fsp3) is 0.828. The molecule has 1 atom stereocenters. The van der Waals surface area contributed by atoms with Crippen molar-refractivity contribution in [3.05, 3.63) is 48.6 Å². The zero-order valence-electron chi connectivity index (χ0n) is 46.8. The molecule has 0 aliphatic carbocycles. The molecular formula is C64H116O6. The number of unbranched alkanes of at least 4 members (excludes halogenated alkanes) is 37. The lowest BCUT2D eigenvalue weighted by atomic mass is 10.0. The molecule has 0 rings (SSSR count). The molecule has 0 radical (unpaired) electrons. The average Bonchev–Trinajstić information content (AvgIpc) is 3.36. The number of allylic oxidation sites excluding steroid dienone is 8. The summed E-state index contributed by atoms with van der Waals surface area (Å²) >= 11 is 0. The SMILES string of the molecule is CCCCC/C=C\C/C=C\CCCCCCCCCCCC(=O)OC(COC(=O)CCCCCCCC)COC(=O)CCCCCCCCCCCCCCCCC/C=C\C/C=C\CCCCCCC. The lowest BCUT2D eigenvalue weighted by Gasteiger charge is -2.18. The molecule has 0 aliphatic heterocycles. The van der Waals surface area contributed by atoms with Gasteiger partial charge >= 0.3 is 17.9 Å². The van der Waals surface area contributed by atoms with E-state index in [0.29, 0.717) is 19.3 Å². The Morgan fingerprint density at radius 3 is 0.814 bits per heavy atom. The lowest BCUT2D eigenvalue weighted by molar-refractivity contribution is -0.167. The summed E-state index contributed by atoms with van der Waals surface area (Å²) in [4.78, 5) is 37.9. The first kappa shape index (κ1) is 67.4. The second-order valence-electron chi connectivity index (χ2n) is 20.6. The first-order chi connectivity index (χ1) is 34.5. The normalized spacial score (nSPS) is 12.3. The van der Waals surface area contributed by atoms with Crippen molar-refractivity contribution in [1.82, 2.24) is 0 Å². The molecule has 6 nitrogen and oxygen atoms in total. The van der Waals surface area contributed by atoms with Gasteiger partial charge in [-0.25, -0.2) is 0 Å². The van der Waals surface area contributed by atoms with Crippen LogP contribution < -0.4 is 0 Å². The van der Waals surface area contributed by atoms with Crippen LogP contribution >= 0.6 is 0 Å². The Morgan fingerprint density at radius 2 is 0.514 bits per heavy atom. The molecule has 0 saturated heterocycles. The predicted molar refractivity (Wildman–Crippen MR) is 302 cm³/mol. The van der Waals surface area contributed by atoms with Gasteiger partial charge in [0.2, 0.25) is 0 Å². The van der Waals surface area contributed by atoms with Crippen LogP contribution in [0, 0.1) is 0 Å². The number of ether oxygens (including phenoxy) is 3. The standard InChI is InChI=1S/C64H116O6/c1-4-7-10-13-16-18-20-22-24-26-28-29-30-31-32-33-34-35-37-38-40-42-44-46-48-51-54-57-63(66)69-60-61(59-68-62(65)56-53-50-15-12-9-6-3)70-64(67)58-55-52-49-47-45-43-41-39-36-27-25-23-21-19-17-14-11-8-5-2/h17,19-20,22-23,25-26,28,61H,4-16,18,21,24,27,29-60H2,1-3H3/b19-17-,22-20-,25-23-,28-26-. The Hall–Kier alpha value is -2.63. The van der Waals surface area contributed by atoms with Crippen LogP contribution in [0.1, 0.15) is 323 Å². The number of carbonyl (C=O) groups is 3. The van der Waals surface area contributed by atoms with Crippen molar-refractivity contribution in [2.75, 3.05) is 13.2 Å². The molecule has 0 bridgehead atoms. The van der Waals surface area contributed by atoms with Crippen LogP contribution in [-0.2, 0) is 28.6 Å². The van der Waals surface area contributed by atoms with Gasteiger partial charge in [-0.1, -0.05) is 268 Å². The molecule has 0 saturated carbocycles. The molecule has 0 heterocycles. The molecule has 6 heteroatoms. The van der Waals surface area contributed by atoms with Crippen LogP contribution in [0.3, 0.4) is 0 Å². The highest BCUT2D eigenvalue weighted by Gasteiger charge is 2.19. The van der Waals surface area contributed by atoms with Gasteiger partial charge in [-0.2, -0.15) is 0 Å². The molecule has 0 aromatic carbocycles. The smallest absolute Gasteiger partial charge is 0.306 e. The zero-order valence-corrected chi connectivity index (χ0v) is 46.8. The maximum absolute atomic E-state index is 12.8. The maximum Gasteiger partial charge on any atom is 0.306 e. The predicted octanol–water partition coefficient (Wildman–Crippen LogP) is 20.6. The van der Waals surface area contributed by atoms with Gasteiger partial charge in [0.1, 0.15) is 13.2 Å². The highest BCUT2D eigenvalue weighted by molar-refractivity contribution is 5.71. The van der Waals surface area contributed by atoms with E-state index in [1.165, 1.54) is 212 Å². The van der Waals surface area contributed by atoms with E-state index < -0.39 is 6.10 Å². The molecule has 0 aromatic heterocycles. The summed E-state index contributed by atoms with van der Waals surface area (Å²) < 4.78 is 16.8. The van der Waals surface area contributed by atoms with Gasteiger partial charge in [-0.3, -0.25) is 14.4 Å². The fourth-order valence-electron chi connectivity index (χ4n) is 8.92. The Labute approximate surface area is 435 Å². The lowest BCUT2D eigenvalue weighted by Crippen LogP contribution is -2.30. The first-order valence-corrected chi connectivity index (χ1v) is 30.6. The third kappa shape index (κ3) is 56.3. The maximum atomic E-state index is 12.8. The minimum Gasteiger partial charge on any atom is -0.462 e. The van der Waals surface area contributed by atoms with Gasteiger partial charge in [0.25, 0.3) is 0 Å². The van der Waals surface area contributed by atoms with E-state index in [0.717, 1.165) is 70.6 Å². The van der Waals surface area contributed by atoms with Gasteiger partial charge in [0.15, 0.2) is 6.10 Å². The highest BCUT2D eigenvalue weighted by atomic mass is 16.6. The number of rotatable bonds is 56. The van der Waals surface area contributed by atoms with Crippen LogP contribution in [0.15, 0.2) is 48.6 Å². The average molecular weight is 982 g/mol. The van der Waals surface area contributed by atoms with Crippen molar-refractivity contribution in [3.8, 4) is 0 Å². The Morgan fingerprint density at radius 1 is 0.286 bits per heavy atom. The third-order valence-electron chi connectivity index (χ3n) is 13.6. The number of esters is 3. The van der Waals surface area contributed by atoms with Crippen molar-refractivity contribution in [3.63, 3.8) is 0 Å². The Bertz CT molecular complexity index is 1220. The Kier molecular flexibility index (Phi) is 56.7. The zero-order chi connectivity index (χ0) is 50.7. The molecule has 70 heavy (non-hydrogen) atoms. The number of hydrogen-bond donors (Lipinski definition) is 0. The fourth-order valence-corrected chi connectivity index (χ4v) is 8.92. The van der Waals surface area contributed by atoms with Crippen molar-refractivity contribution >= 4 is 17.9 Å². The Balaban J connectivity index is 4.06. The van der Waals surface area contributed by atoms with Crippen molar-refractivity contribution in [1.29, 1.82) is 0 Å². The topological polar surface area (TPSA) is 78.9 Å². The molecular weight excluding hydrogens is 865 g/mol. The van der Waals surface area contributed by atoms with Crippen LogP contribution in [0.2, 0.25) is 0 Å². The second-order valence-corrected chi connectivity index (χ2v) is 20.6. The van der Waals surface area contributed by atoms with Crippen molar-refractivity contribution in [2.45, 2.75) is 329 Å². The van der Waals surface area contributed by atoms with E-state index in [4.69, 9.17) is 14.2 Å². The van der Waals surface area contributed by atoms with E-state index >= 15 is 0 Å². The summed E-state index contributed by atoms with van der Waals surface area (Å²) in [5.41, 5.74) is 0. The third-order valence-corrected chi connectivity index (χ3v) is 13.6. The molecule has 0 N–H and O–H groups in total. The molecule has 0 aromatic rings. The summed E-state index contributed by atoms with van der Waals surface area (Å²) in [6.45, 7) is 6.58. The molecule has 0 aliphatic rings. The quantitative estimate of drug-likeness (QED) is 0.0261. The molecule has 1 unspecified atom stereocenters. The van der Waals surface area contributed by atoms with Crippen molar-refractivity contribution in [2.24, 2.45) is 0 Å². The summed E-state index contributed by atoms with van der Waals surface area (Å²) in [6.07, 6.45) is 72.9. The minimum atomic E-state index is -0.771. The largest absolute Gasteiger partial charge is 0.462 e. The minimum absolute atomic E-state index is 0.0721.